The maximum atomic E-state index is 13.0. The summed E-state index contributed by atoms with van der Waals surface area (Å²) in [5.74, 6) is 0.733. The highest BCUT2D eigenvalue weighted by atomic mass is 16.5. The first kappa shape index (κ1) is 21.2. The van der Waals surface area contributed by atoms with Gasteiger partial charge in [0.15, 0.2) is 5.78 Å². The van der Waals surface area contributed by atoms with Gasteiger partial charge in [-0.2, -0.15) is 10.2 Å². The Bertz CT molecular complexity index is 1290. The van der Waals surface area contributed by atoms with Crippen LogP contribution in [0.1, 0.15) is 28.9 Å². The zero-order chi connectivity index (χ0) is 22.8. The Balaban J connectivity index is 1.31. The number of carbonyl (C=O) groups is 1. The second kappa shape index (κ2) is 9.07. The number of Topliss-reactive ketones (excluding diaryl/α,β-unsaturated/α-hetero) is 1. The zero-order valence-electron chi connectivity index (χ0n) is 18.8. The van der Waals surface area contributed by atoms with Crippen LogP contribution in [0.2, 0.25) is 0 Å². The summed E-state index contributed by atoms with van der Waals surface area (Å²) in [5.41, 5.74) is 3.75. The van der Waals surface area contributed by atoms with Crippen LogP contribution in [0.5, 0.6) is 5.75 Å². The molecule has 168 valence electrons. The van der Waals surface area contributed by atoms with Crippen LogP contribution in [0.3, 0.4) is 0 Å². The van der Waals surface area contributed by atoms with E-state index in [9.17, 15) is 4.79 Å². The van der Waals surface area contributed by atoms with Gasteiger partial charge in [0.2, 0.25) is 0 Å². The maximum absolute atomic E-state index is 13.0. The Kier molecular flexibility index (Phi) is 5.83. The number of likely N-dealkylation sites (tertiary alicyclic amines) is 1. The van der Waals surface area contributed by atoms with E-state index in [0.717, 1.165) is 53.8 Å². The van der Waals surface area contributed by atoms with Crippen molar-refractivity contribution < 1.29 is 9.53 Å². The first-order valence-electron chi connectivity index (χ1n) is 11.1. The maximum Gasteiger partial charge on any atom is 0.169 e. The van der Waals surface area contributed by atoms with Crippen molar-refractivity contribution in [2.75, 3.05) is 20.1 Å². The minimum Gasteiger partial charge on any atom is -0.490 e. The van der Waals surface area contributed by atoms with Gasteiger partial charge in [-0.15, -0.1) is 5.10 Å². The van der Waals surface area contributed by atoms with E-state index < -0.39 is 0 Å². The SMILES string of the molecule is CN1CCC(Oc2cccc(C(=O)Cc3cc4cc(-c5cn(C)nn5)ccc4nn3)c2)CC1. The number of fused-ring (bicyclic) bond motifs is 1. The van der Waals surface area contributed by atoms with Crippen LogP contribution in [0.25, 0.3) is 22.2 Å². The lowest BCUT2D eigenvalue weighted by atomic mass is 10.0. The molecule has 0 aliphatic carbocycles. The molecule has 0 saturated carbocycles. The summed E-state index contributed by atoms with van der Waals surface area (Å²) in [7, 11) is 3.96. The number of aryl methyl sites for hydroxylation is 1. The molecule has 0 N–H and O–H groups in total. The third kappa shape index (κ3) is 4.90. The molecule has 2 aromatic heterocycles. The molecule has 8 nitrogen and oxygen atoms in total. The van der Waals surface area contributed by atoms with Crippen LogP contribution in [0.15, 0.2) is 54.7 Å². The highest BCUT2D eigenvalue weighted by Gasteiger charge is 2.18. The minimum absolute atomic E-state index is 0.0115. The second-order valence-corrected chi connectivity index (χ2v) is 8.63. The lowest BCUT2D eigenvalue weighted by Gasteiger charge is -2.29. The van der Waals surface area contributed by atoms with E-state index in [2.05, 4.69) is 32.5 Å². The first-order chi connectivity index (χ1) is 16.0. The molecule has 1 aliphatic rings. The van der Waals surface area contributed by atoms with E-state index in [1.54, 1.807) is 4.68 Å². The third-order valence-corrected chi connectivity index (χ3v) is 6.00. The van der Waals surface area contributed by atoms with Gasteiger partial charge in [-0.1, -0.05) is 23.4 Å². The molecule has 3 heterocycles. The van der Waals surface area contributed by atoms with Crippen molar-refractivity contribution >= 4 is 16.7 Å². The highest BCUT2D eigenvalue weighted by Crippen LogP contribution is 2.23. The Hall–Kier alpha value is -3.65. The fraction of sp³-hybridized carbons (Fsp3) is 0.320. The van der Waals surface area contributed by atoms with Gasteiger partial charge in [0.25, 0.3) is 0 Å². The lowest BCUT2D eigenvalue weighted by Crippen LogP contribution is -2.35. The topological polar surface area (TPSA) is 86.0 Å². The molecule has 0 unspecified atom stereocenters. The molecule has 0 spiro atoms. The number of carbonyl (C=O) groups excluding carboxylic acids is 1. The molecule has 1 saturated heterocycles. The number of aromatic nitrogens is 5. The molecule has 2 aromatic carbocycles. The summed E-state index contributed by atoms with van der Waals surface area (Å²) >= 11 is 0. The molecular weight excluding hydrogens is 416 g/mol. The van der Waals surface area contributed by atoms with Crippen LogP contribution < -0.4 is 4.74 Å². The summed E-state index contributed by atoms with van der Waals surface area (Å²) in [6, 6.07) is 15.2. The van der Waals surface area contributed by atoms with Crippen molar-refractivity contribution in [2.24, 2.45) is 7.05 Å². The van der Waals surface area contributed by atoms with Crippen LogP contribution in [-0.4, -0.2) is 62.1 Å². The number of hydrogen-bond acceptors (Lipinski definition) is 7. The largest absolute Gasteiger partial charge is 0.490 e. The molecule has 33 heavy (non-hydrogen) atoms. The van der Waals surface area contributed by atoms with Crippen molar-refractivity contribution in [3.05, 3.63) is 66.0 Å². The molecule has 0 bridgehead atoms. The minimum atomic E-state index is -0.0115. The zero-order valence-corrected chi connectivity index (χ0v) is 18.8. The van der Waals surface area contributed by atoms with Gasteiger partial charge in [-0.25, -0.2) is 0 Å². The molecular formula is C25H26N6O2. The Labute approximate surface area is 192 Å². The number of rotatable bonds is 6. The molecule has 0 amide bonds. The van der Waals surface area contributed by atoms with Crippen molar-refractivity contribution in [2.45, 2.75) is 25.4 Å². The molecule has 8 heteroatoms. The van der Waals surface area contributed by atoms with E-state index >= 15 is 0 Å². The van der Waals surface area contributed by atoms with Gasteiger partial charge in [0.05, 0.1) is 23.8 Å². The Morgan fingerprint density at radius 1 is 1.03 bits per heavy atom. The van der Waals surface area contributed by atoms with Crippen LogP contribution in [0, 0.1) is 0 Å². The fourth-order valence-electron chi connectivity index (χ4n) is 4.12. The quantitative estimate of drug-likeness (QED) is 0.423. The Morgan fingerprint density at radius 2 is 1.88 bits per heavy atom. The van der Waals surface area contributed by atoms with Crippen molar-refractivity contribution in [1.29, 1.82) is 0 Å². The second-order valence-electron chi connectivity index (χ2n) is 8.63. The van der Waals surface area contributed by atoms with Gasteiger partial charge < -0.3 is 9.64 Å². The Morgan fingerprint density at radius 3 is 2.67 bits per heavy atom. The standard InChI is InChI=1S/C25H26N6O2/c1-30-10-8-21(9-11-30)33-22-5-3-4-18(14-22)25(32)15-20-13-19-12-17(6-7-23(19)27-26-20)24-16-31(2)29-28-24/h3-7,12-14,16,21H,8-11,15H2,1-2H3. The van der Waals surface area contributed by atoms with Gasteiger partial charge in [0.1, 0.15) is 17.5 Å². The van der Waals surface area contributed by atoms with Gasteiger partial charge in [0, 0.05) is 36.7 Å². The van der Waals surface area contributed by atoms with E-state index in [1.807, 2.05) is 61.8 Å². The summed E-state index contributed by atoms with van der Waals surface area (Å²) < 4.78 is 7.81. The number of hydrogen-bond donors (Lipinski definition) is 0. The molecule has 1 fully saturated rings. The number of benzene rings is 2. The normalized spacial score (nSPS) is 15.1. The third-order valence-electron chi connectivity index (χ3n) is 6.00. The average molecular weight is 443 g/mol. The van der Waals surface area contributed by atoms with Crippen LogP contribution in [-0.2, 0) is 13.5 Å². The van der Waals surface area contributed by atoms with E-state index in [1.165, 1.54) is 0 Å². The van der Waals surface area contributed by atoms with Crippen molar-refractivity contribution in [1.82, 2.24) is 30.1 Å². The van der Waals surface area contributed by atoms with E-state index in [0.29, 0.717) is 11.3 Å². The predicted molar refractivity (Wildman–Crippen MR) is 125 cm³/mol. The van der Waals surface area contributed by atoms with Crippen LogP contribution in [0.4, 0.5) is 0 Å². The number of ketones is 1. The average Bonchev–Trinajstić information content (AvgIpc) is 3.26. The molecule has 1 aliphatic heterocycles. The molecule has 0 atom stereocenters. The van der Waals surface area contributed by atoms with Gasteiger partial charge >= 0.3 is 0 Å². The van der Waals surface area contributed by atoms with Gasteiger partial charge in [-0.05, 0) is 50.2 Å². The smallest absolute Gasteiger partial charge is 0.169 e. The highest BCUT2D eigenvalue weighted by molar-refractivity contribution is 5.98. The number of ether oxygens (including phenoxy) is 1. The molecule has 5 rings (SSSR count). The number of piperidine rings is 1. The van der Waals surface area contributed by atoms with Crippen molar-refractivity contribution in [3.63, 3.8) is 0 Å². The van der Waals surface area contributed by atoms with Gasteiger partial charge in [-0.3, -0.25) is 9.48 Å². The van der Waals surface area contributed by atoms with Crippen molar-refractivity contribution in [3.8, 4) is 17.0 Å². The molecule has 0 radical (unpaired) electrons. The monoisotopic (exact) mass is 442 g/mol. The summed E-state index contributed by atoms with van der Waals surface area (Å²) in [5, 5.41) is 17.6. The molecule has 4 aromatic rings. The predicted octanol–water partition coefficient (Wildman–Crippen LogP) is 3.32. The lowest BCUT2D eigenvalue weighted by molar-refractivity contribution is 0.0987. The summed E-state index contributed by atoms with van der Waals surface area (Å²) in [6.45, 7) is 2.06. The van der Waals surface area contributed by atoms with E-state index in [4.69, 9.17) is 4.74 Å². The fourth-order valence-corrected chi connectivity index (χ4v) is 4.12. The summed E-state index contributed by atoms with van der Waals surface area (Å²) in [4.78, 5) is 15.3. The van der Waals surface area contributed by atoms with E-state index in [-0.39, 0.29) is 18.3 Å². The number of nitrogens with zero attached hydrogens (tertiary/aromatic N) is 6. The first-order valence-corrected chi connectivity index (χ1v) is 11.1. The summed E-state index contributed by atoms with van der Waals surface area (Å²) in [6.07, 6.45) is 4.23. The van der Waals surface area contributed by atoms with Crippen LogP contribution >= 0.6 is 0 Å².